The summed E-state index contributed by atoms with van der Waals surface area (Å²) in [5.41, 5.74) is 0. The number of rotatable bonds is 8. The van der Waals surface area contributed by atoms with Crippen molar-refractivity contribution in [2.45, 2.75) is 0 Å². The fraction of sp³-hybridized carbons (Fsp3) is 0.222. The molecule has 0 fully saturated rings. The van der Waals surface area contributed by atoms with Gasteiger partial charge in [0, 0.05) is 19.6 Å². The van der Waals surface area contributed by atoms with Gasteiger partial charge >= 0.3 is 0 Å². The summed E-state index contributed by atoms with van der Waals surface area (Å²) in [5, 5.41) is 2.38. The second-order valence-electron chi connectivity index (χ2n) is 4.78. The Labute approximate surface area is 134 Å². The zero-order valence-corrected chi connectivity index (χ0v) is 13.7. The number of hydrogen-bond donors (Lipinski definition) is 0. The maximum atomic E-state index is 5.91. The van der Waals surface area contributed by atoms with E-state index >= 15 is 0 Å². The molecule has 0 saturated heterocycles. The lowest BCUT2D eigenvalue weighted by molar-refractivity contribution is 0.236. The van der Waals surface area contributed by atoms with Crippen LogP contribution < -0.4 is 4.74 Å². The SMILES string of the molecule is C=CCN(CC=C)CCOc1ccc2ccccc2c1Br. The molecule has 0 bridgehead atoms. The molecule has 0 radical (unpaired) electrons. The normalized spacial score (nSPS) is 10.8. The summed E-state index contributed by atoms with van der Waals surface area (Å²) in [6.45, 7) is 10.7. The largest absolute Gasteiger partial charge is 0.491 e. The van der Waals surface area contributed by atoms with Gasteiger partial charge in [-0.1, -0.05) is 42.5 Å². The summed E-state index contributed by atoms with van der Waals surface area (Å²) >= 11 is 3.64. The molecule has 0 unspecified atom stereocenters. The van der Waals surface area contributed by atoms with Gasteiger partial charge in [0.15, 0.2) is 0 Å². The average molecular weight is 346 g/mol. The summed E-state index contributed by atoms with van der Waals surface area (Å²) in [7, 11) is 0. The molecule has 3 heteroatoms. The van der Waals surface area contributed by atoms with Gasteiger partial charge in [-0.25, -0.2) is 0 Å². The standard InChI is InChI=1S/C18H20BrNO/c1-3-11-20(12-4-2)13-14-21-17-10-9-15-7-5-6-8-16(15)18(17)19/h3-10H,1-2,11-14H2. The topological polar surface area (TPSA) is 12.5 Å². The fourth-order valence-corrected chi connectivity index (χ4v) is 2.84. The molecule has 0 aromatic heterocycles. The van der Waals surface area contributed by atoms with Gasteiger partial charge in [0.25, 0.3) is 0 Å². The van der Waals surface area contributed by atoms with E-state index in [1.165, 1.54) is 10.8 Å². The van der Waals surface area contributed by atoms with Crippen molar-refractivity contribution < 1.29 is 4.74 Å². The van der Waals surface area contributed by atoms with Gasteiger partial charge in [-0.05, 0) is 32.8 Å². The molecule has 0 aliphatic carbocycles. The quantitative estimate of drug-likeness (QED) is 0.645. The molecule has 110 valence electrons. The lowest BCUT2D eigenvalue weighted by atomic mass is 10.1. The Morgan fingerprint density at radius 1 is 1.05 bits per heavy atom. The Bertz CT molecular complexity index is 614. The smallest absolute Gasteiger partial charge is 0.134 e. The summed E-state index contributed by atoms with van der Waals surface area (Å²) < 4.78 is 6.92. The van der Waals surface area contributed by atoms with Crippen LogP contribution in [0.4, 0.5) is 0 Å². The van der Waals surface area contributed by atoms with Crippen molar-refractivity contribution in [2.75, 3.05) is 26.2 Å². The predicted molar refractivity (Wildman–Crippen MR) is 94.0 cm³/mol. The molecule has 2 aromatic carbocycles. The van der Waals surface area contributed by atoms with E-state index in [4.69, 9.17) is 4.74 Å². The number of nitrogens with zero attached hydrogens (tertiary/aromatic N) is 1. The van der Waals surface area contributed by atoms with E-state index in [9.17, 15) is 0 Å². The highest BCUT2D eigenvalue weighted by atomic mass is 79.9. The molecule has 21 heavy (non-hydrogen) atoms. The molecule has 0 saturated carbocycles. The highest BCUT2D eigenvalue weighted by molar-refractivity contribution is 9.10. The third-order valence-corrected chi connectivity index (χ3v) is 4.09. The first kappa shape index (κ1) is 15.8. The zero-order chi connectivity index (χ0) is 15.1. The molecule has 0 N–H and O–H groups in total. The first-order valence-corrected chi connectivity index (χ1v) is 7.79. The second-order valence-corrected chi connectivity index (χ2v) is 5.58. The third-order valence-electron chi connectivity index (χ3n) is 3.27. The molecule has 0 atom stereocenters. The summed E-state index contributed by atoms with van der Waals surface area (Å²) in [6.07, 6.45) is 3.80. The van der Waals surface area contributed by atoms with Gasteiger partial charge in [0.1, 0.15) is 12.4 Å². The van der Waals surface area contributed by atoms with Gasteiger partial charge in [-0.15, -0.1) is 13.2 Å². The lowest BCUT2D eigenvalue weighted by Crippen LogP contribution is -2.28. The van der Waals surface area contributed by atoms with Crippen molar-refractivity contribution >= 4 is 26.7 Å². The summed E-state index contributed by atoms with van der Waals surface area (Å²) in [4.78, 5) is 2.23. The highest BCUT2D eigenvalue weighted by Crippen LogP contribution is 2.32. The van der Waals surface area contributed by atoms with E-state index in [1.807, 2.05) is 30.4 Å². The molecular formula is C18H20BrNO. The first-order chi connectivity index (χ1) is 10.3. The van der Waals surface area contributed by atoms with Gasteiger partial charge in [-0.3, -0.25) is 4.90 Å². The Morgan fingerprint density at radius 3 is 2.48 bits per heavy atom. The van der Waals surface area contributed by atoms with Crippen LogP contribution in [0.3, 0.4) is 0 Å². The molecule has 0 amide bonds. The van der Waals surface area contributed by atoms with Gasteiger partial charge in [0.2, 0.25) is 0 Å². The average Bonchev–Trinajstić information content (AvgIpc) is 2.50. The number of ether oxygens (including phenoxy) is 1. The predicted octanol–water partition coefficient (Wildman–Crippen LogP) is 4.66. The maximum Gasteiger partial charge on any atom is 0.134 e. The van der Waals surface area contributed by atoms with E-state index < -0.39 is 0 Å². The van der Waals surface area contributed by atoms with Crippen LogP contribution in [0.25, 0.3) is 10.8 Å². The van der Waals surface area contributed by atoms with Crippen LogP contribution in [-0.2, 0) is 0 Å². The molecule has 2 rings (SSSR count). The maximum absolute atomic E-state index is 5.91. The minimum atomic E-state index is 0.638. The van der Waals surface area contributed by atoms with Crippen LogP contribution in [-0.4, -0.2) is 31.1 Å². The van der Waals surface area contributed by atoms with Crippen molar-refractivity contribution in [1.29, 1.82) is 0 Å². The van der Waals surface area contributed by atoms with Crippen LogP contribution in [0.5, 0.6) is 5.75 Å². The molecule has 2 aromatic rings. The van der Waals surface area contributed by atoms with E-state index in [0.717, 1.165) is 29.9 Å². The molecule has 0 aliphatic rings. The minimum Gasteiger partial charge on any atom is -0.491 e. The van der Waals surface area contributed by atoms with Gasteiger partial charge in [-0.2, -0.15) is 0 Å². The highest BCUT2D eigenvalue weighted by Gasteiger charge is 2.07. The van der Waals surface area contributed by atoms with Crippen molar-refractivity contribution in [2.24, 2.45) is 0 Å². The number of benzene rings is 2. The second kappa shape index (κ2) is 8.01. The van der Waals surface area contributed by atoms with Gasteiger partial charge < -0.3 is 4.74 Å². The van der Waals surface area contributed by atoms with E-state index in [1.54, 1.807) is 0 Å². The molecular weight excluding hydrogens is 326 g/mol. The third kappa shape index (κ3) is 4.19. The van der Waals surface area contributed by atoms with Crippen molar-refractivity contribution in [1.82, 2.24) is 4.90 Å². The molecule has 2 nitrogen and oxygen atoms in total. The van der Waals surface area contributed by atoms with Crippen LogP contribution in [0, 0.1) is 0 Å². The minimum absolute atomic E-state index is 0.638. The Balaban J connectivity index is 2.01. The molecule has 0 heterocycles. The lowest BCUT2D eigenvalue weighted by Gasteiger charge is -2.19. The Kier molecular flexibility index (Phi) is 6.03. The van der Waals surface area contributed by atoms with Crippen molar-refractivity contribution in [3.05, 3.63) is 66.2 Å². The van der Waals surface area contributed by atoms with Gasteiger partial charge in [0.05, 0.1) is 4.47 Å². The molecule has 0 spiro atoms. The van der Waals surface area contributed by atoms with Crippen LogP contribution >= 0.6 is 15.9 Å². The summed E-state index contributed by atoms with van der Waals surface area (Å²) in [5.74, 6) is 0.880. The Morgan fingerprint density at radius 2 is 1.76 bits per heavy atom. The number of halogens is 1. The van der Waals surface area contributed by atoms with E-state index in [2.05, 4.69) is 52.2 Å². The zero-order valence-electron chi connectivity index (χ0n) is 12.1. The summed E-state index contributed by atoms with van der Waals surface area (Å²) in [6, 6.07) is 12.4. The van der Waals surface area contributed by atoms with Crippen LogP contribution in [0.1, 0.15) is 0 Å². The van der Waals surface area contributed by atoms with Crippen molar-refractivity contribution in [3.8, 4) is 5.75 Å². The van der Waals surface area contributed by atoms with Crippen molar-refractivity contribution in [3.63, 3.8) is 0 Å². The van der Waals surface area contributed by atoms with E-state index in [-0.39, 0.29) is 0 Å². The van der Waals surface area contributed by atoms with Crippen LogP contribution in [0.15, 0.2) is 66.2 Å². The van der Waals surface area contributed by atoms with E-state index in [0.29, 0.717) is 6.61 Å². The monoisotopic (exact) mass is 345 g/mol. The fourth-order valence-electron chi connectivity index (χ4n) is 2.23. The number of fused-ring (bicyclic) bond motifs is 1. The molecule has 0 aliphatic heterocycles. The van der Waals surface area contributed by atoms with Crippen LogP contribution in [0.2, 0.25) is 0 Å². The number of hydrogen-bond acceptors (Lipinski definition) is 2. The first-order valence-electron chi connectivity index (χ1n) is 7.00. The Hall–Kier alpha value is -1.58.